The van der Waals surface area contributed by atoms with Crippen molar-refractivity contribution in [1.29, 1.82) is 0 Å². The fourth-order valence-corrected chi connectivity index (χ4v) is 2.91. The molecule has 1 aliphatic carbocycles. The number of hydrogen-bond donors (Lipinski definition) is 1. The minimum absolute atomic E-state index is 0.465. The van der Waals surface area contributed by atoms with E-state index in [-0.39, 0.29) is 0 Å². The molecule has 1 heteroatoms. The highest BCUT2D eigenvalue weighted by Gasteiger charge is 2.35. The number of hydrogen-bond acceptors (Lipinski definition) is 1. The minimum atomic E-state index is 0.465. The van der Waals surface area contributed by atoms with Crippen molar-refractivity contribution in [2.24, 2.45) is 17.3 Å². The summed E-state index contributed by atoms with van der Waals surface area (Å²) in [6, 6.07) is 0.753. The van der Waals surface area contributed by atoms with Crippen LogP contribution in [0.2, 0.25) is 0 Å². The Balaban J connectivity index is 2.62. The van der Waals surface area contributed by atoms with Crippen LogP contribution in [0.3, 0.4) is 0 Å². The lowest BCUT2D eigenvalue weighted by atomic mass is 9.67. The zero-order valence-corrected chi connectivity index (χ0v) is 10.6. The lowest BCUT2D eigenvalue weighted by molar-refractivity contribution is 0.109. The Morgan fingerprint density at radius 1 is 1.21 bits per heavy atom. The van der Waals surface area contributed by atoms with E-state index in [1.54, 1.807) is 0 Å². The fraction of sp³-hybridized carbons (Fsp3) is 1.00. The molecule has 84 valence electrons. The standard InChI is InChI=1S/C13H27N/c1-6-14-12-9-10(2)7-8-11(12)13(3,4)5/h10-12,14H,6-9H2,1-5H3. The Morgan fingerprint density at radius 2 is 1.86 bits per heavy atom. The topological polar surface area (TPSA) is 12.0 Å². The van der Waals surface area contributed by atoms with Gasteiger partial charge in [0, 0.05) is 6.04 Å². The molecule has 0 aliphatic heterocycles. The van der Waals surface area contributed by atoms with Gasteiger partial charge in [-0.2, -0.15) is 0 Å². The van der Waals surface area contributed by atoms with Crippen molar-refractivity contribution in [3.63, 3.8) is 0 Å². The molecular weight excluding hydrogens is 170 g/mol. The van der Waals surface area contributed by atoms with Gasteiger partial charge in [0.05, 0.1) is 0 Å². The summed E-state index contributed by atoms with van der Waals surface area (Å²) >= 11 is 0. The van der Waals surface area contributed by atoms with Gasteiger partial charge in [-0.1, -0.05) is 41.0 Å². The van der Waals surface area contributed by atoms with Crippen LogP contribution in [-0.2, 0) is 0 Å². The lowest BCUT2D eigenvalue weighted by Crippen LogP contribution is -2.45. The van der Waals surface area contributed by atoms with E-state index in [4.69, 9.17) is 0 Å². The summed E-state index contributed by atoms with van der Waals surface area (Å²) in [4.78, 5) is 0. The van der Waals surface area contributed by atoms with Crippen molar-refractivity contribution in [3.05, 3.63) is 0 Å². The van der Waals surface area contributed by atoms with Crippen LogP contribution < -0.4 is 5.32 Å². The van der Waals surface area contributed by atoms with Gasteiger partial charge in [0.2, 0.25) is 0 Å². The molecule has 0 aromatic carbocycles. The largest absolute Gasteiger partial charge is 0.314 e. The zero-order chi connectivity index (χ0) is 10.8. The maximum absolute atomic E-state index is 3.67. The molecule has 0 bridgehead atoms. The summed E-state index contributed by atoms with van der Waals surface area (Å²) in [6.07, 6.45) is 4.20. The highest BCUT2D eigenvalue weighted by atomic mass is 14.9. The molecule has 3 atom stereocenters. The van der Waals surface area contributed by atoms with Gasteiger partial charge in [0.15, 0.2) is 0 Å². The molecule has 1 fully saturated rings. The summed E-state index contributed by atoms with van der Waals surface area (Å²) in [7, 11) is 0. The van der Waals surface area contributed by atoms with Gasteiger partial charge in [-0.3, -0.25) is 0 Å². The van der Waals surface area contributed by atoms with Crippen LogP contribution in [-0.4, -0.2) is 12.6 Å². The van der Waals surface area contributed by atoms with Crippen molar-refractivity contribution >= 4 is 0 Å². The van der Waals surface area contributed by atoms with E-state index in [9.17, 15) is 0 Å². The third-order valence-corrected chi connectivity index (χ3v) is 3.69. The van der Waals surface area contributed by atoms with Crippen molar-refractivity contribution in [2.75, 3.05) is 6.54 Å². The Kier molecular flexibility index (Phi) is 4.00. The molecule has 0 amide bonds. The first kappa shape index (κ1) is 12.0. The molecule has 1 nitrogen and oxygen atoms in total. The average molecular weight is 197 g/mol. The van der Waals surface area contributed by atoms with Crippen LogP contribution in [0.4, 0.5) is 0 Å². The van der Waals surface area contributed by atoms with Gasteiger partial charge in [0.25, 0.3) is 0 Å². The fourth-order valence-electron chi connectivity index (χ4n) is 2.91. The smallest absolute Gasteiger partial charge is 0.0103 e. The summed E-state index contributed by atoms with van der Waals surface area (Å²) in [5.74, 6) is 1.77. The van der Waals surface area contributed by atoms with Crippen LogP contribution in [0.15, 0.2) is 0 Å². The molecule has 1 aliphatic rings. The van der Waals surface area contributed by atoms with Crippen LogP contribution in [0, 0.1) is 17.3 Å². The maximum atomic E-state index is 3.67. The van der Waals surface area contributed by atoms with Gasteiger partial charge in [-0.25, -0.2) is 0 Å². The van der Waals surface area contributed by atoms with E-state index in [0.717, 1.165) is 24.4 Å². The molecule has 0 radical (unpaired) electrons. The molecule has 0 heterocycles. The monoisotopic (exact) mass is 197 g/mol. The maximum Gasteiger partial charge on any atom is 0.0103 e. The third-order valence-electron chi connectivity index (χ3n) is 3.69. The molecule has 0 spiro atoms. The molecule has 1 saturated carbocycles. The van der Waals surface area contributed by atoms with E-state index in [2.05, 4.69) is 39.9 Å². The van der Waals surface area contributed by atoms with Gasteiger partial charge in [-0.05, 0) is 36.6 Å². The zero-order valence-electron chi connectivity index (χ0n) is 10.6. The summed E-state index contributed by atoms with van der Waals surface area (Å²) in [6.45, 7) is 12.9. The minimum Gasteiger partial charge on any atom is -0.314 e. The predicted octanol–water partition coefficient (Wildman–Crippen LogP) is 3.45. The van der Waals surface area contributed by atoms with Crippen LogP contribution in [0.5, 0.6) is 0 Å². The van der Waals surface area contributed by atoms with E-state index in [1.165, 1.54) is 19.3 Å². The Hall–Kier alpha value is -0.0400. The van der Waals surface area contributed by atoms with Crippen LogP contribution in [0.25, 0.3) is 0 Å². The second-order valence-corrected chi connectivity index (χ2v) is 6.05. The second kappa shape index (κ2) is 4.65. The molecule has 14 heavy (non-hydrogen) atoms. The first-order valence-corrected chi connectivity index (χ1v) is 6.18. The highest BCUT2D eigenvalue weighted by Crippen LogP contribution is 2.39. The van der Waals surface area contributed by atoms with E-state index in [0.29, 0.717) is 5.41 Å². The Bertz CT molecular complexity index is 169. The van der Waals surface area contributed by atoms with Crippen LogP contribution >= 0.6 is 0 Å². The summed E-state index contributed by atoms with van der Waals surface area (Å²) < 4.78 is 0. The van der Waals surface area contributed by atoms with Crippen molar-refractivity contribution in [3.8, 4) is 0 Å². The van der Waals surface area contributed by atoms with Crippen LogP contribution in [0.1, 0.15) is 53.9 Å². The third kappa shape index (κ3) is 2.98. The van der Waals surface area contributed by atoms with Crippen molar-refractivity contribution in [2.45, 2.75) is 59.9 Å². The summed E-state index contributed by atoms with van der Waals surface area (Å²) in [5, 5.41) is 3.67. The SMILES string of the molecule is CCNC1CC(C)CCC1C(C)(C)C. The molecule has 0 aromatic heterocycles. The molecule has 1 rings (SSSR count). The van der Waals surface area contributed by atoms with Gasteiger partial charge in [-0.15, -0.1) is 0 Å². The molecular formula is C13H27N. The first-order valence-electron chi connectivity index (χ1n) is 6.18. The molecule has 3 unspecified atom stereocenters. The van der Waals surface area contributed by atoms with Gasteiger partial charge in [0.1, 0.15) is 0 Å². The molecule has 0 aromatic rings. The Morgan fingerprint density at radius 3 is 2.36 bits per heavy atom. The quantitative estimate of drug-likeness (QED) is 0.715. The molecule has 0 saturated heterocycles. The lowest BCUT2D eigenvalue weighted by Gasteiger charge is -2.43. The molecule has 1 N–H and O–H groups in total. The van der Waals surface area contributed by atoms with Crippen molar-refractivity contribution in [1.82, 2.24) is 5.32 Å². The van der Waals surface area contributed by atoms with E-state index >= 15 is 0 Å². The highest BCUT2D eigenvalue weighted by molar-refractivity contribution is 4.89. The van der Waals surface area contributed by atoms with E-state index in [1.807, 2.05) is 0 Å². The van der Waals surface area contributed by atoms with Gasteiger partial charge >= 0.3 is 0 Å². The van der Waals surface area contributed by atoms with Gasteiger partial charge < -0.3 is 5.32 Å². The van der Waals surface area contributed by atoms with Crippen molar-refractivity contribution < 1.29 is 0 Å². The second-order valence-electron chi connectivity index (χ2n) is 6.05. The predicted molar refractivity (Wildman–Crippen MR) is 63.4 cm³/mol. The average Bonchev–Trinajstić information content (AvgIpc) is 2.02. The Labute approximate surface area is 89.7 Å². The number of nitrogens with one attached hydrogen (secondary N) is 1. The summed E-state index contributed by atoms with van der Waals surface area (Å²) in [5.41, 5.74) is 0.465. The van der Waals surface area contributed by atoms with E-state index < -0.39 is 0 Å². The normalized spacial score (nSPS) is 34.5. The first-order chi connectivity index (χ1) is 6.45. The number of rotatable bonds is 2.